The first-order valence-corrected chi connectivity index (χ1v) is 13.9. The molecule has 202 valence electrons. The summed E-state index contributed by atoms with van der Waals surface area (Å²) in [6.45, 7) is 6.18. The SMILES string of the molecule is COc1ccc(CCOC2=C(N3CCN(Cc4cccc(C)c4)C3)CCCC(=Cc3ccccc3)C2=O)cc1. The summed E-state index contributed by atoms with van der Waals surface area (Å²) in [5.74, 6) is 1.39. The highest BCUT2D eigenvalue weighted by Crippen LogP contribution is 2.31. The summed E-state index contributed by atoms with van der Waals surface area (Å²) in [4.78, 5) is 18.8. The molecule has 39 heavy (non-hydrogen) atoms. The molecule has 0 N–H and O–H groups in total. The molecule has 3 aromatic carbocycles. The van der Waals surface area contributed by atoms with Crippen LogP contribution in [0.3, 0.4) is 0 Å². The molecular weight excluding hydrogens is 484 g/mol. The quantitative estimate of drug-likeness (QED) is 0.305. The smallest absolute Gasteiger partial charge is 0.225 e. The molecule has 0 spiro atoms. The Morgan fingerprint density at radius 1 is 0.897 bits per heavy atom. The van der Waals surface area contributed by atoms with Crippen molar-refractivity contribution in [2.24, 2.45) is 0 Å². The summed E-state index contributed by atoms with van der Waals surface area (Å²) in [6, 6.07) is 26.8. The van der Waals surface area contributed by atoms with Crippen LogP contribution in [0.25, 0.3) is 6.08 Å². The van der Waals surface area contributed by atoms with Crippen LogP contribution in [0.15, 0.2) is 95.9 Å². The van der Waals surface area contributed by atoms with Crippen LogP contribution in [0.2, 0.25) is 0 Å². The van der Waals surface area contributed by atoms with Gasteiger partial charge in [-0.2, -0.15) is 0 Å². The van der Waals surface area contributed by atoms with Crippen LogP contribution in [0.1, 0.15) is 41.5 Å². The second-order valence-corrected chi connectivity index (χ2v) is 10.4. The Hall–Kier alpha value is -3.83. The van der Waals surface area contributed by atoms with E-state index in [0.29, 0.717) is 12.4 Å². The lowest BCUT2D eigenvalue weighted by atomic mass is 10.0. The fraction of sp³-hybridized carbons (Fsp3) is 0.324. The Labute approximate surface area is 232 Å². The van der Waals surface area contributed by atoms with E-state index in [1.54, 1.807) is 7.11 Å². The number of ether oxygens (including phenoxy) is 2. The number of benzene rings is 3. The second kappa shape index (κ2) is 12.8. The molecule has 3 aromatic rings. The maximum absolute atomic E-state index is 13.9. The third-order valence-corrected chi connectivity index (χ3v) is 7.48. The summed E-state index contributed by atoms with van der Waals surface area (Å²) < 4.78 is 11.7. The van der Waals surface area contributed by atoms with E-state index in [2.05, 4.69) is 53.1 Å². The molecule has 0 aromatic heterocycles. The van der Waals surface area contributed by atoms with Gasteiger partial charge in [-0.05, 0) is 61.1 Å². The van der Waals surface area contributed by atoms with Crippen LogP contribution in [0, 0.1) is 6.92 Å². The van der Waals surface area contributed by atoms with Crippen molar-refractivity contribution in [2.45, 2.75) is 39.2 Å². The maximum atomic E-state index is 13.9. The van der Waals surface area contributed by atoms with Gasteiger partial charge in [-0.1, -0.05) is 72.3 Å². The lowest BCUT2D eigenvalue weighted by Gasteiger charge is -2.24. The number of carbonyl (C=O) groups is 1. The van der Waals surface area contributed by atoms with Gasteiger partial charge in [0.2, 0.25) is 5.78 Å². The molecule has 0 bridgehead atoms. The van der Waals surface area contributed by atoms with Gasteiger partial charge in [0.1, 0.15) is 5.75 Å². The number of allylic oxidation sites excluding steroid dienone is 2. The minimum absolute atomic E-state index is 0.0261. The van der Waals surface area contributed by atoms with Gasteiger partial charge in [0.05, 0.1) is 26.1 Å². The number of methoxy groups -OCH3 is 1. The molecule has 0 radical (unpaired) electrons. The van der Waals surface area contributed by atoms with Gasteiger partial charge in [0, 0.05) is 31.6 Å². The zero-order chi connectivity index (χ0) is 27.0. The maximum Gasteiger partial charge on any atom is 0.225 e. The summed E-state index contributed by atoms with van der Waals surface area (Å²) in [5.41, 5.74) is 6.69. The lowest BCUT2D eigenvalue weighted by molar-refractivity contribution is -0.115. The van der Waals surface area contributed by atoms with Gasteiger partial charge in [-0.15, -0.1) is 0 Å². The minimum atomic E-state index is 0.0261. The number of carbonyl (C=O) groups excluding carboxylic acids is 1. The third-order valence-electron chi connectivity index (χ3n) is 7.48. The van der Waals surface area contributed by atoms with Crippen molar-refractivity contribution >= 4 is 11.9 Å². The van der Waals surface area contributed by atoms with Gasteiger partial charge in [0.15, 0.2) is 5.76 Å². The van der Waals surface area contributed by atoms with Crippen LogP contribution >= 0.6 is 0 Å². The summed E-state index contributed by atoms with van der Waals surface area (Å²) in [5, 5.41) is 0. The Balaban J connectivity index is 1.36. The van der Waals surface area contributed by atoms with Crippen molar-refractivity contribution < 1.29 is 14.3 Å². The van der Waals surface area contributed by atoms with Crippen LogP contribution in [-0.2, 0) is 22.5 Å². The molecule has 0 amide bonds. The molecule has 0 unspecified atom stereocenters. The monoisotopic (exact) mass is 522 g/mol. The molecule has 5 rings (SSSR count). The molecule has 1 saturated heterocycles. The van der Waals surface area contributed by atoms with E-state index in [1.165, 1.54) is 11.1 Å². The minimum Gasteiger partial charge on any atom is -0.497 e. The fourth-order valence-electron chi connectivity index (χ4n) is 5.42. The van der Waals surface area contributed by atoms with Crippen molar-refractivity contribution in [3.63, 3.8) is 0 Å². The zero-order valence-electron chi connectivity index (χ0n) is 23.1. The highest BCUT2D eigenvalue weighted by Gasteiger charge is 2.31. The molecule has 0 atom stereocenters. The summed E-state index contributed by atoms with van der Waals surface area (Å²) >= 11 is 0. The molecule has 0 saturated carbocycles. The van der Waals surface area contributed by atoms with E-state index in [1.807, 2.05) is 48.5 Å². The van der Waals surface area contributed by atoms with Crippen molar-refractivity contribution in [3.8, 4) is 5.75 Å². The van der Waals surface area contributed by atoms with E-state index < -0.39 is 0 Å². The highest BCUT2D eigenvalue weighted by molar-refractivity contribution is 6.10. The average Bonchev–Trinajstić information content (AvgIpc) is 3.36. The number of nitrogens with zero attached hydrogens (tertiary/aromatic N) is 2. The number of rotatable bonds is 9. The van der Waals surface area contributed by atoms with Gasteiger partial charge in [-0.25, -0.2) is 0 Å². The second-order valence-electron chi connectivity index (χ2n) is 10.4. The van der Waals surface area contributed by atoms with Crippen LogP contribution in [0.5, 0.6) is 5.75 Å². The normalized spacial score (nSPS) is 17.5. The Kier molecular flexibility index (Phi) is 8.79. The molecule has 5 nitrogen and oxygen atoms in total. The number of hydrogen-bond donors (Lipinski definition) is 0. The van der Waals surface area contributed by atoms with Gasteiger partial charge in [-0.3, -0.25) is 9.69 Å². The molecule has 2 aliphatic rings. The molecular formula is C34H38N2O3. The van der Waals surface area contributed by atoms with Gasteiger partial charge in [0.25, 0.3) is 0 Å². The van der Waals surface area contributed by atoms with Crippen molar-refractivity contribution in [1.82, 2.24) is 9.80 Å². The van der Waals surface area contributed by atoms with Crippen molar-refractivity contribution in [1.29, 1.82) is 0 Å². The number of Topliss-reactive ketones (excluding diaryl/α,β-unsaturated/α-hetero) is 1. The standard InChI is InChI=1S/C34H38N2O3/c1-26-8-6-11-29(22-26)24-35-19-20-36(25-35)32-13-7-12-30(23-28-9-4-3-5-10-28)33(37)34(32)39-21-18-27-14-16-31(38-2)17-15-27/h3-6,8-11,14-17,22-23H,7,12-13,18-21,24-25H2,1-2H3. The molecule has 1 heterocycles. The molecule has 1 aliphatic carbocycles. The summed E-state index contributed by atoms with van der Waals surface area (Å²) in [7, 11) is 1.67. The third kappa shape index (κ3) is 6.98. The predicted molar refractivity (Wildman–Crippen MR) is 156 cm³/mol. The van der Waals surface area contributed by atoms with Crippen LogP contribution in [0.4, 0.5) is 0 Å². The Bertz CT molecular complexity index is 1330. The first kappa shape index (κ1) is 26.8. The number of hydrogen-bond acceptors (Lipinski definition) is 5. The van der Waals surface area contributed by atoms with Crippen molar-refractivity contribution in [2.75, 3.05) is 33.5 Å². The Morgan fingerprint density at radius 2 is 1.72 bits per heavy atom. The fourth-order valence-corrected chi connectivity index (χ4v) is 5.42. The van der Waals surface area contributed by atoms with E-state index in [9.17, 15) is 4.79 Å². The first-order chi connectivity index (χ1) is 19.1. The molecule has 5 heteroatoms. The predicted octanol–water partition coefficient (Wildman–Crippen LogP) is 6.39. The van der Waals surface area contributed by atoms with Gasteiger partial charge < -0.3 is 14.4 Å². The molecule has 1 aliphatic heterocycles. The largest absolute Gasteiger partial charge is 0.497 e. The molecule has 1 fully saturated rings. The van der Waals surface area contributed by atoms with E-state index in [-0.39, 0.29) is 5.78 Å². The van der Waals surface area contributed by atoms with E-state index >= 15 is 0 Å². The van der Waals surface area contributed by atoms with Crippen LogP contribution in [-0.4, -0.2) is 49.1 Å². The average molecular weight is 523 g/mol. The zero-order valence-corrected chi connectivity index (χ0v) is 23.1. The first-order valence-electron chi connectivity index (χ1n) is 13.9. The lowest BCUT2D eigenvalue weighted by Crippen LogP contribution is -2.27. The summed E-state index contributed by atoms with van der Waals surface area (Å²) in [6.07, 6.45) is 5.29. The number of aryl methyl sites for hydroxylation is 1. The van der Waals surface area contributed by atoms with Gasteiger partial charge >= 0.3 is 0 Å². The van der Waals surface area contributed by atoms with Crippen LogP contribution < -0.4 is 4.74 Å². The van der Waals surface area contributed by atoms with Crippen molar-refractivity contribution in [3.05, 3.63) is 118 Å². The van der Waals surface area contributed by atoms with E-state index in [4.69, 9.17) is 9.47 Å². The van der Waals surface area contributed by atoms with E-state index in [0.717, 1.165) is 80.1 Å². The Morgan fingerprint density at radius 3 is 2.49 bits per heavy atom. The number of ketones is 1. The highest BCUT2D eigenvalue weighted by atomic mass is 16.5. The topological polar surface area (TPSA) is 42.0 Å².